The van der Waals surface area contributed by atoms with Crippen molar-refractivity contribution in [3.8, 4) is 11.5 Å². The van der Waals surface area contributed by atoms with Gasteiger partial charge in [0.15, 0.2) is 6.61 Å². The minimum atomic E-state index is -3.50. The van der Waals surface area contributed by atoms with E-state index < -0.39 is 10.0 Å². The Kier molecular flexibility index (Phi) is 6.99. The second kappa shape index (κ2) is 9.21. The first kappa shape index (κ1) is 19.7. The number of nitrogens with one attached hydrogen (secondary N) is 2. The predicted octanol–water partition coefficient (Wildman–Crippen LogP) is 2.40. The van der Waals surface area contributed by atoms with Crippen LogP contribution in [0.1, 0.15) is 13.3 Å². The van der Waals surface area contributed by atoms with Gasteiger partial charge >= 0.3 is 0 Å². The number of ether oxygens (including phenoxy) is 2. The lowest BCUT2D eigenvalue weighted by Gasteiger charge is -2.09. The fourth-order valence-electron chi connectivity index (χ4n) is 2.03. The molecule has 0 radical (unpaired) electrons. The van der Waals surface area contributed by atoms with Crippen LogP contribution in [0.4, 0.5) is 5.69 Å². The summed E-state index contributed by atoms with van der Waals surface area (Å²) in [6.45, 7) is 2.52. The Morgan fingerprint density at radius 2 is 1.54 bits per heavy atom. The van der Waals surface area contributed by atoms with Crippen molar-refractivity contribution in [3.63, 3.8) is 0 Å². The van der Waals surface area contributed by atoms with Gasteiger partial charge in [-0.15, -0.1) is 0 Å². The van der Waals surface area contributed by atoms with Gasteiger partial charge in [0, 0.05) is 5.69 Å². The number of carbonyl (C=O) groups is 1. The van der Waals surface area contributed by atoms with E-state index in [4.69, 9.17) is 9.47 Å². The highest BCUT2D eigenvalue weighted by Gasteiger charge is 2.11. The van der Waals surface area contributed by atoms with Crippen molar-refractivity contribution >= 4 is 21.6 Å². The molecule has 1 amide bonds. The minimum absolute atomic E-state index is 0.125. The van der Waals surface area contributed by atoms with E-state index in [2.05, 4.69) is 10.0 Å². The molecule has 2 rings (SSSR count). The molecule has 0 bridgehead atoms. The Hall–Kier alpha value is -2.58. The highest BCUT2D eigenvalue weighted by atomic mass is 32.2. The first-order valence-corrected chi connectivity index (χ1v) is 9.62. The van der Waals surface area contributed by atoms with Crippen molar-refractivity contribution in [2.24, 2.45) is 0 Å². The van der Waals surface area contributed by atoms with E-state index in [1.807, 2.05) is 6.92 Å². The van der Waals surface area contributed by atoms with Crippen LogP contribution in [-0.4, -0.2) is 34.6 Å². The van der Waals surface area contributed by atoms with Gasteiger partial charge in [-0.2, -0.15) is 0 Å². The van der Waals surface area contributed by atoms with E-state index in [1.54, 1.807) is 24.3 Å². The number of anilines is 1. The van der Waals surface area contributed by atoms with Crippen LogP contribution in [-0.2, 0) is 14.8 Å². The third-order valence-corrected chi connectivity index (χ3v) is 4.81. The lowest BCUT2D eigenvalue weighted by atomic mass is 10.3. The molecule has 0 heterocycles. The number of carbonyl (C=O) groups excluding carboxylic acids is 1. The second-order valence-electron chi connectivity index (χ2n) is 5.39. The molecule has 2 N–H and O–H groups in total. The first-order valence-electron chi connectivity index (χ1n) is 8.13. The Morgan fingerprint density at radius 1 is 0.962 bits per heavy atom. The van der Waals surface area contributed by atoms with Crippen molar-refractivity contribution in [2.75, 3.05) is 25.6 Å². The van der Waals surface area contributed by atoms with Gasteiger partial charge in [0.25, 0.3) is 5.91 Å². The zero-order valence-electron chi connectivity index (χ0n) is 14.7. The second-order valence-corrected chi connectivity index (χ2v) is 7.28. The average molecular weight is 378 g/mol. The van der Waals surface area contributed by atoms with Gasteiger partial charge in [-0.05, 0) is 62.0 Å². The Labute approximate surface area is 153 Å². The molecule has 7 nitrogen and oxygen atoms in total. The molecule has 0 saturated heterocycles. The first-order chi connectivity index (χ1) is 12.4. The van der Waals surface area contributed by atoms with Crippen molar-refractivity contribution in [1.82, 2.24) is 4.72 Å². The van der Waals surface area contributed by atoms with Gasteiger partial charge in [-0.25, -0.2) is 13.1 Å². The molecule has 0 aromatic heterocycles. The zero-order valence-corrected chi connectivity index (χ0v) is 15.5. The monoisotopic (exact) mass is 378 g/mol. The van der Waals surface area contributed by atoms with E-state index >= 15 is 0 Å². The summed E-state index contributed by atoms with van der Waals surface area (Å²) in [4.78, 5) is 12.1. The number of benzene rings is 2. The zero-order chi connectivity index (χ0) is 19.0. The summed E-state index contributed by atoms with van der Waals surface area (Å²) in [5, 5.41) is 2.64. The standard InChI is InChI=1S/C18H22N2O5S/c1-3-12-24-15-6-8-16(9-7-15)25-13-18(21)20-14-4-10-17(11-5-14)26(22,23)19-2/h4-11,19H,3,12-13H2,1-2H3,(H,20,21). The summed E-state index contributed by atoms with van der Waals surface area (Å²) >= 11 is 0. The third-order valence-electron chi connectivity index (χ3n) is 3.38. The Morgan fingerprint density at radius 3 is 2.08 bits per heavy atom. The van der Waals surface area contributed by atoms with E-state index in [1.165, 1.54) is 31.3 Å². The quantitative estimate of drug-likeness (QED) is 0.699. The summed E-state index contributed by atoms with van der Waals surface area (Å²) in [5.41, 5.74) is 0.483. The highest BCUT2D eigenvalue weighted by molar-refractivity contribution is 7.89. The van der Waals surface area contributed by atoms with Crippen LogP contribution in [0.2, 0.25) is 0 Å². The van der Waals surface area contributed by atoms with Crippen LogP contribution in [0.25, 0.3) is 0 Å². The van der Waals surface area contributed by atoms with Gasteiger partial charge in [-0.1, -0.05) is 6.92 Å². The topological polar surface area (TPSA) is 93.7 Å². The lowest BCUT2D eigenvalue weighted by molar-refractivity contribution is -0.118. The molecule has 0 fully saturated rings. The molecule has 0 aliphatic heterocycles. The van der Waals surface area contributed by atoms with E-state index in [-0.39, 0.29) is 17.4 Å². The van der Waals surface area contributed by atoms with E-state index in [0.717, 1.165) is 12.2 Å². The molecule has 0 aliphatic carbocycles. The van der Waals surface area contributed by atoms with Crippen molar-refractivity contribution in [2.45, 2.75) is 18.2 Å². The SMILES string of the molecule is CCCOc1ccc(OCC(=O)Nc2ccc(S(=O)(=O)NC)cc2)cc1. The normalized spacial score (nSPS) is 11.0. The predicted molar refractivity (Wildman–Crippen MR) is 99.0 cm³/mol. The molecule has 0 atom stereocenters. The smallest absolute Gasteiger partial charge is 0.262 e. The van der Waals surface area contributed by atoms with Crippen LogP contribution in [0.3, 0.4) is 0 Å². The summed E-state index contributed by atoms with van der Waals surface area (Å²) < 4.78 is 36.4. The van der Waals surface area contributed by atoms with Gasteiger partial charge < -0.3 is 14.8 Å². The molecule has 0 aliphatic rings. The summed E-state index contributed by atoms with van der Waals surface area (Å²) in [5.74, 6) is 0.959. The number of hydrogen-bond acceptors (Lipinski definition) is 5. The van der Waals surface area contributed by atoms with Crippen LogP contribution >= 0.6 is 0 Å². The fraction of sp³-hybridized carbons (Fsp3) is 0.278. The Bertz CT molecular complexity index is 818. The molecule has 0 spiro atoms. The maximum absolute atomic E-state index is 11.9. The van der Waals surface area contributed by atoms with Crippen molar-refractivity contribution in [3.05, 3.63) is 48.5 Å². The molecule has 8 heteroatoms. The molecular formula is C18H22N2O5S. The molecule has 140 valence electrons. The van der Waals surface area contributed by atoms with Crippen molar-refractivity contribution < 1.29 is 22.7 Å². The van der Waals surface area contributed by atoms with Gasteiger partial charge in [-0.3, -0.25) is 4.79 Å². The molecule has 0 unspecified atom stereocenters. The Balaban J connectivity index is 1.85. The maximum atomic E-state index is 11.9. The van der Waals surface area contributed by atoms with E-state index in [9.17, 15) is 13.2 Å². The number of sulfonamides is 1. The minimum Gasteiger partial charge on any atom is -0.494 e. The fourth-order valence-corrected chi connectivity index (χ4v) is 2.76. The molecule has 0 saturated carbocycles. The largest absolute Gasteiger partial charge is 0.494 e. The molecule has 2 aromatic rings. The molecule has 2 aromatic carbocycles. The van der Waals surface area contributed by atoms with Crippen LogP contribution in [0, 0.1) is 0 Å². The molecule has 26 heavy (non-hydrogen) atoms. The van der Waals surface area contributed by atoms with Gasteiger partial charge in [0.05, 0.1) is 11.5 Å². The van der Waals surface area contributed by atoms with Gasteiger partial charge in [0.1, 0.15) is 11.5 Å². The van der Waals surface area contributed by atoms with Crippen LogP contribution in [0.5, 0.6) is 11.5 Å². The maximum Gasteiger partial charge on any atom is 0.262 e. The van der Waals surface area contributed by atoms with Crippen molar-refractivity contribution in [1.29, 1.82) is 0 Å². The summed E-state index contributed by atoms with van der Waals surface area (Å²) in [6.07, 6.45) is 0.931. The third kappa shape index (κ3) is 5.75. The highest BCUT2D eigenvalue weighted by Crippen LogP contribution is 2.18. The van der Waals surface area contributed by atoms with Crippen LogP contribution in [0.15, 0.2) is 53.4 Å². The summed E-state index contributed by atoms with van der Waals surface area (Å²) in [7, 11) is -2.16. The molecular weight excluding hydrogens is 356 g/mol. The average Bonchev–Trinajstić information content (AvgIpc) is 2.66. The number of hydrogen-bond donors (Lipinski definition) is 2. The van der Waals surface area contributed by atoms with E-state index in [0.29, 0.717) is 18.0 Å². The summed E-state index contributed by atoms with van der Waals surface area (Å²) in [6, 6.07) is 12.9. The lowest BCUT2D eigenvalue weighted by Crippen LogP contribution is -2.20. The van der Waals surface area contributed by atoms with Crippen LogP contribution < -0.4 is 19.5 Å². The van der Waals surface area contributed by atoms with Gasteiger partial charge in [0.2, 0.25) is 10.0 Å². The number of rotatable bonds is 9. The number of amides is 1.